The summed E-state index contributed by atoms with van der Waals surface area (Å²) in [5, 5.41) is 8.50. The highest BCUT2D eigenvalue weighted by atomic mass is 16.6. The first-order valence-electron chi connectivity index (χ1n) is 4.27. The maximum absolute atomic E-state index is 8.50. The van der Waals surface area contributed by atoms with E-state index in [0.29, 0.717) is 18.8 Å². The van der Waals surface area contributed by atoms with Crippen LogP contribution in [0.15, 0.2) is 12.7 Å². The highest BCUT2D eigenvalue weighted by Gasteiger charge is 2.34. The molecule has 0 aromatic carbocycles. The molecule has 1 heterocycles. The molecule has 1 N–H and O–H groups in total. The first-order valence-corrected chi connectivity index (χ1v) is 4.27. The predicted molar refractivity (Wildman–Crippen MR) is 44.4 cm³/mol. The van der Waals surface area contributed by atoms with E-state index in [4.69, 9.17) is 9.84 Å². The Morgan fingerprint density at radius 1 is 1.36 bits per heavy atom. The lowest BCUT2D eigenvalue weighted by atomic mass is 10.1. The smallest absolute Gasteiger partial charge is 0.102 e. The van der Waals surface area contributed by atoms with Crippen LogP contribution >= 0.6 is 0 Å². The largest absolute Gasteiger partial charge is 0.396 e. The zero-order valence-corrected chi connectivity index (χ0v) is 6.83. The van der Waals surface area contributed by atoms with Crippen LogP contribution in [0.3, 0.4) is 0 Å². The summed E-state index contributed by atoms with van der Waals surface area (Å²) < 4.78 is 5.27. The molecule has 1 fully saturated rings. The SMILES string of the molecule is C=C[C@@H]1O[C@@H]1CCCCCO. The van der Waals surface area contributed by atoms with Gasteiger partial charge in [0.15, 0.2) is 0 Å². The second-order valence-corrected chi connectivity index (χ2v) is 2.95. The van der Waals surface area contributed by atoms with Gasteiger partial charge in [0.2, 0.25) is 0 Å². The van der Waals surface area contributed by atoms with Crippen LogP contribution in [0.5, 0.6) is 0 Å². The van der Waals surface area contributed by atoms with Crippen LogP contribution in [0.25, 0.3) is 0 Å². The standard InChI is InChI=1S/C9H16O2/c1-2-8-9(11-8)6-4-3-5-7-10/h2,8-10H,1,3-7H2/t8-,9+/m0/s1. The average molecular weight is 156 g/mol. The van der Waals surface area contributed by atoms with Crippen molar-refractivity contribution >= 4 is 0 Å². The van der Waals surface area contributed by atoms with E-state index < -0.39 is 0 Å². The number of hydrogen-bond donors (Lipinski definition) is 1. The average Bonchev–Trinajstić information content (AvgIpc) is 2.77. The molecule has 0 saturated carbocycles. The summed E-state index contributed by atoms with van der Waals surface area (Å²) in [6.45, 7) is 3.97. The van der Waals surface area contributed by atoms with Gasteiger partial charge in [-0.05, 0) is 12.8 Å². The molecule has 1 aliphatic heterocycles. The quantitative estimate of drug-likeness (QED) is 0.359. The molecule has 0 unspecified atom stereocenters. The Bertz CT molecular complexity index is 123. The molecule has 2 heteroatoms. The van der Waals surface area contributed by atoms with Crippen molar-refractivity contribution in [1.82, 2.24) is 0 Å². The Labute approximate surface area is 67.9 Å². The molecule has 0 aliphatic carbocycles. The highest BCUT2D eigenvalue weighted by molar-refractivity contribution is 4.97. The lowest BCUT2D eigenvalue weighted by molar-refractivity contribution is 0.280. The first-order chi connectivity index (χ1) is 5.38. The van der Waals surface area contributed by atoms with Gasteiger partial charge in [-0.1, -0.05) is 18.9 Å². The van der Waals surface area contributed by atoms with Gasteiger partial charge in [-0.25, -0.2) is 0 Å². The van der Waals surface area contributed by atoms with Crippen LogP contribution in [0.1, 0.15) is 25.7 Å². The normalized spacial score (nSPS) is 28.5. The monoisotopic (exact) mass is 156 g/mol. The third kappa shape index (κ3) is 3.04. The number of ether oxygens (including phenoxy) is 1. The minimum absolute atomic E-state index is 0.316. The Morgan fingerprint density at radius 2 is 2.18 bits per heavy atom. The molecule has 0 aromatic heterocycles. The van der Waals surface area contributed by atoms with Gasteiger partial charge in [0.25, 0.3) is 0 Å². The summed E-state index contributed by atoms with van der Waals surface area (Å²) in [6, 6.07) is 0. The topological polar surface area (TPSA) is 32.8 Å². The van der Waals surface area contributed by atoms with E-state index in [1.807, 2.05) is 6.08 Å². The fourth-order valence-corrected chi connectivity index (χ4v) is 1.23. The molecule has 0 bridgehead atoms. The highest BCUT2D eigenvalue weighted by Crippen LogP contribution is 2.27. The van der Waals surface area contributed by atoms with Crippen LogP contribution < -0.4 is 0 Å². The van der Waals surface area contributed by atoms with E-state index in [0.717, 1.165) is 25.7 Å². The van der Waals surface area contributed by atoms with Crippen LogP contribution in [0.2, 0.25) is 0 Å². The molecule has 0 radical (unpaired) electrons. The van der Waals surface area contributed by atoms with E-state index in [-0.39, 0.29) is 0 Å². The maximum Gasteiger partial charge on any atom is 0.102 e. The molecule has 1 saturated heterocycles. The van der Waals surface area contributed by atoms with Gasteiger partial charge in [0.05, 0.1) is 6.10 Å². The van der Waals surface area contributed by atoms with Crippen molar-refractivity contribution in [3.8, 4) is 0 Å². The van der Waals surface area contributed by atoms with Crippen LogP contribution in [-0.2, 0) is 4.74 Å². The Hall–Kier alpha value is -0.340. The first kappa shape index (κ1) is 8.75. The molecular formula is C9H16O2. The second kappa shape index (κ2) is 4.52. The van der Waals surface area contributed by atoms with Gasteiger partial charge in [-0.2, -0.15) is 0 Å². The second-order valence-electron chi connectivity index (χ2n) is 2.95. The van der Waals surface area contributed by atoms with Crippen molar-refractivity contribution in [1.29, 1.82) is 0 Å². The molecule has 0 spiro atoms. The van der Waals surface area contributed by atoms with Crippen molar-refractivity contribution in [2.75, 3.05) is 6.61 Å². The molecule has 0 aromatic rings. The van der Waals surface area contributed by atoms with Crippen molar-refractivity contribution in [3.05, 3.63) is 12.7 Å². The fourth-order valence-electron chi connectivity index (χ4n) is 1.23. The number of rotatable bonds is 6. The number of unbranched alkanes of at least 4 members (excludes halogenated alkanes) is 2. The minimum atomic E-state index is 0.316. The maximum atomic E-state index is 8.50. The van der Waals surface area contributed by atoms with E-state index >= 15 is 0 Å². The van der Waals surface area contributed by atoms with E-state index in [9.17, 15) is 0 Å². The third-order valence-corrected chi connectivity index (χ3v) is 2.00. The number of hydrogen-bond acceptors (Lipinski definition) is 2. The Morgan fingerprint density at radius 3 is 2.73 bits per heavy atom. The predicted octanol–water partition coefficient (Wildman–Crippen LogP) is 1.49. The van der Waals surface area contributed by atoms with Gasteiger partial charge in [0.1, 0.15) is 6.10 Å². The lowest BCUT2D eigenvalue weighted by Crippen LogP contribution is -1.91. The molecular weight excluding hydrogens is 140 g/mol. The van der Waals surface area contributed by atoms with Gasteiger partial charge >= 0.3 is 0 Å². The molecule has 11 heavy (non-hydrogen) atoms. The van der Waals surface area contributed by atoms with Crippen molar-refractivity contribution < 1.29 is 9.84 Å². The van der Waals surface area contributed by atoms with Gasteiger partial charge in [0, 0.05) is 6.61 Å². The summed E-state index contributed by atoms with van der Waals surface area (Å²) >= 11 is 0. The summed E-state index contributed by atoms with van der Waals surface area (Å²) in [7, 11) is 0. The van der Waals surface area contributed by atoms with Crippen LogP contribution in [0, 0.1) is 0 Å². The van der Waals surface area contributed by atoms with Gasteiger partial charge in [-0.3, -0.25) is 0 Å². The van der Waals surface area contributed by atoms with Crippen LogP contribution in [0.4, 0.5) is 0 Å². The molecule has 64 valence electrons. The van der Waals surface area contributed by atoms with E-state index in [1.54, 1.807) is 0 Å². The molecule has 2 atom stereocenters. The van der Waals surface area contributed by atoms with Gasteiger partial charge < -0.3 is 9.84 Å². The summed E-state index contributed by atoms with van der Waals surface area (Å²) in [4.78, 5) is 0. The lowest BCUT2D eigenvalue weighted by Gasteiger charge is -1.94. The summed E-state index contributed by atoms with van der Waals surface area (Å²) in [5.41, 5.74) is 0. The summed E-state index contributed by atoms with van der Waals surface area (Å²) in [6.07, 6.45) is 6.93. The van der Waals surface area contributed by atoms with Crippen molar-refractivity contribution in [2.24, 2.45) is 0 Å². The molecule has 1 rings (SSSR count). The number of epoxide rings is 1. The number of aliphatic hydroxyl groups excluding tert-OH is 1. The molecule has 2 nitrogen and oxygen atoms in total. The van der Waals surface area contributed by atoms with E-state index in [2.05, 4.69) is 6.58 Å². The number of aliphatic hydroxyl groups is 1. The zero-order valence-electron chi connectivity index (χ0n) is 6.83. The Balaban J connectivity index is 1.85. The van der Waals surface area contributed by atoms with Gasteiger partial charge in [-0.15, -0.1) is 6.58 Å². The van der Waals surface area contributed by atoms with Crippen molar-refractivity contribution in [3.63, 3.8) is 0 Å². The van der Waals surface area contributed by atoms with E-state index in [1.165, 1.54) is 0 Å². The minimum Gasteiger partial charge on any atom is -0.396 e. The fraction of sp³-hybridized carbons (Fsp3) is 0.778. The summed E-state index contributed by atoms with van der Waals surface area (Å²) in [5.74, 6) is 0. The Kier molecular flexibility index (Phi) is 3.60. The molecule has 1 aliphatic rings. The van der Waals surface area contributed by atoms with Crippen LogP contribution in [-0.4, -0.2) is 23.9 Å². The zero-order chi connectivity index (χ0) is 8.10. The third-order valence-electron chi connectivity index (χ3n) is 2.00. The van der Waals surface area contributed by atoms with Crippen molar-refractivity contribution in [2.45, 2.75) is 37.9 Å². The molecule has 0 amide bonds.